The number of imide groups is 1. The van der Waals surface area contributed by atoms with E-state index in [9.17, 15) is 9.59 Å². The molecule has 1 rings (SSSR count). The minimum atomic E-state index is -0.621. The minimum Gasteiger partial charge on any atom is -0.293 e. The SMILES string of the molecule is CCCCCC1(C)NC(C)(CCCCC)C(=O)NC1=O. The van der Waals surface area contributed by atoms with E-state index in [1.165, 1.54) is 0 Å². The van der Waals surface area contributed by atoms with E-state index >= 15 is 0 Å². The highest BCUT2D eigenvalue weighted by atomic mass is 16.2. The Hall–Kier alpha value is -0.900. The van der Waals surface area contributed by atoms with Gasteiger partial charge in [-0.2, -0.15) is 0 Å². The van der Waals surface area contributed by atoms with Crippen LogP contribution in [-0.2, 0) is 9.59 Å². The Morgan fingerprint density at radius 3 is 1.55 bits per heavy atom. The fraction of sp³-hybridized carbons (Fsp3) is 0.875. The van der Waals surface area contributed by atoms with Crippen LogP contribution in [0.25, 0.3) is 0 Å². The van der Waals surface area contributed by atoms with Gasteiger partial charge in [-0.15, -0.1) is 0 Å². The van der Waals surface area contributed by atoms with Crippen molar-refractivity contribution in [1.29, 1.82) is 0 Å². The molecular formula is C16H30N2O2. The number of carbonyl (C=O) groups is 2. The van der Waals surface area contributed by atoms with E-state index in [2.05, 4.69) is 24.5 Å². The first-order valence-corrected chi connectivity index (χ1v) is 8.03. The molecule has 2 amide bonds. The van der Waals surface area contributed by atoms with Crippen molar-refractivity contribution < 1.29 is 9.59 Å². The van der Waals surface area contributed by atoms with Crippen molar-refractivity contribution in [2.24, 2.45) is 0 Å². The molecule has 0 bridgehead atoms. The van der Waals surface area contributed by atoms with E-state index in [0.717, 1.165) is 51.4 Å². The maximum absolute atomic E-state index is 12.1. The predicted octanol–water partition coefficient (Wildman–Crippen LogP) is 2.91. The van der Waals surface area contributed by atoms with Gasteiger partial charge in [0.2, 0.25) is 11.8 Å². The van der Waals surface area contributed by atoms with Crippen molar-refractivity contribution >= 4 is 11.8 Å². The van der Waals surface area contributed by atoms with Crippen molar-refractivity contribution in [3.63, 3.8) is 0 Å². The first kappa shape index (κ1) is 17.2. The highest BCUT2D eigenvalue weighted by Crippen LogP contribution is 2.27. The molecule has 2 atom stereocenters. The molecule has 0 aromatic carbocycles. The van der Waals surface area contributed by atoms with E-state index < -0.39 is 11.1 Å². The fourth-order valence-corrected chi connectivity index (χ4v) is 2.91. The van der Waals surface area contributed by atoms with E-state index in [1.54, 1.807) is 0 Å². The summed E-state index contributed by atoms with van der Waals surface area (Å²) in [7, 11) is 0. The van der Waals surface area contributed by atoms with Crippen molar-refractivity contribution in [2.45, 2.75) is 90.1 Å². The van der Waals surface area contributed by atoms with E-state index in [0.29, 0.717) is 0 Å². The van der Waals surface area contributed by atoms with Gasteiger partial charge in [-0.3, -0.25) is 20.2 Å². The fourth-order valence-electron chi connectivity index (χ4n) is 2.91. The topological polar surface area (TPSA) is 58.2 Å². The van der Waals surface area contributed by atoms with Crippen LogP contribution < -0.4 is 10.6 Å². The van der Waals surface area contributed by atoms with Gasteiger partial charge in [0.15, 0.2) is 0 Å². The predicted molar refractivity (Wildman–Crippen MR) is 81.4 cm³/mol. The number of piperazine rings is 1. The molecule has 0 spiro atoms. The molecular weight excluding hydrogens is 252 g/mol. The summed E-state index contributed by atoms with van der Waals surface area (Å²) in [5.41, 5.74) is -1.24. The highest BCUT2D eigenvalue weighted by Gasteiger charge is 2.48. The molecule has 0 aliphatic carbocycles. The molecule has 4 nitrogen and oxygen atoms in total. The van der Waals surface area contributed by atoms with Gasteiger partial charge in [0.25, 0.3) is 0 Å². The van der Waals surface area contributed by atoms with Gasteiger partial charge in [0, 0.05) is 0 Å². The Balaban J connectivity index is 2.72. The average Bonchev–Trinajstić information content (AvgIpc) is 2.37. The summed E-state index contributed by atoms with van der Waals surface area (Å²) in [5, 5.41) is 5.94. The second-order valence-corrected chi connectivity index (χ2v) is 6.49. The summed E-state index contributed by atoms with van der Waals surface area (Å²) < 4.78 is 0. The largest absolute Gasteiger partial charge is 0.293 e. The zero-order valence-corrected chi connectivity index (χ0v) is 13.5. The summed E-state index contributed by atoms with van der Waals surface area (Å²) in [6, 6.07) is 0. The van der Waals surface area contributed by atoms with Crippen LogP contribution in [0.4, 0.5) is 0 Å². The van der Waals surface area contributed by atoms with Gasteiger partial charge in [-0.25, -0.2) is 0 Å². The van der Waals surface area contributed by atoms with Crippen molar-refractivity contribution in [1.82, 2.24) is 10.6 Å². The van der Waals surface area contributed by atoms with Crippen molar-refractivity contribution in [2.75, 3.05) is 0 Å². The highest BCUT2D eigenvalue weighted by molar-refractivity contribution is 6.06. The van der Waals surface area contributed by atoms with Gasteiger partial charge < -0.3 is 0 Å². The van der Waals surface area contributed by atoms with Gasteiger partial charge >= 0.3 is 0 Å². The Morgan fingerprint density at radius 1 is 0.800 bits per heavy atom. The molecule has 0 aromatic rings. The summed E-state index contributed by atoms with van der Waals surface area (Å²) in [4.78, 5) is 24.3. The summed E-state index contributed by atoms with van der Waals surface area (Å²) in [6.07, 6.45) is 8.07. The first-order chi connectivity index (χ1) is 9.38. The lowest BCUT2D eigenvalue weighted by molar-refractivity contribution is -0.144. The Morgan fingerprint density at radius 2 is 1.20 bits per heavy atom. The smallest absolute Gasteiger partial charge is 0.246 e. The third-order valence-electron chi connectivity index (χ3n) is 4.34. The van der Waals surface area contributed by atoms with Crippen LogP contribution >= 0.6 is 0 Å². The van der Waals surface area contributed by atoms with Crippen molar-refractivity contribution in [3.05, 3.63) is 0 Å². The van der Waals surface area contributed by atoms with Gasteiger partial charge in [0.05, 0.1) is 11.1 Å². The van der Waals surface area contributed by atoms with E-state index in [-0.39, 0.29) is 11.8 Å². The van der Waals surface area contributed by atoms with E-state index in [4.69, 9.17) is 0 Å². The molecule has 2 N–H and O–H groups in total. The Bertz CT molecular complexity index is 324. The Kier molecular flexibility index (Phi) is 6.18. The molecule has 0 aromatic heterocycles. The second-order valence-electron chi connectivity index (χ2n) is 6.49. The van der Waals surface area contributed by atoms with Crippen LogP contribution in [0, 0.1) is 0 Å². The zero-order chi connectivity index (χ0) is 15.2. The third kappa shape index (κ3) is 4.05. The molecule has 2 unspecified atom stereocenters. The minimum absolute atomic E-state index is 0.174. The number of unbranched alkanes of at least 4 members (excludes halogenated alkanes) is 4. The lowest BCUT2D eigenvalue weighted by Gasteiger charge is -2.44. The number of hydrogen-bond acceptors (Lipinski definition) is 3. The molecule has 0 saturated carbocycles. The number of rotatable bonds is 8. The van der Waals surface area contributed by atoms with Crippen LogP contribution in [0.1, 0.15) is 79.1 Å². The van der Waals surface area contributed by atoms with Crippen LogP contribution in [0.3, 0.4) is 0 Å². The lowest BCUT2D eigenvalue weighted by Crippen LogP contribution is -2.73. The normalized spacial score (nSPS) is 30.4. The molecule has 0 radical (unpaired) electrons. The van der Waals surface area contributed by atoms with Crippen LogP contribution in [0.5, 0.6) is 0 Å². The van der Waals surface area contributed by atoms with Gasteiger partial charge in [0.1, 0.15) is 0 Å². The summed E-state index contributed by atoms with van der Waals surface area (Å²) >= 11 is 0. The molecule has 20 heavy (non-hydrogen) atoms. The molecule has 1 heterocycles. The molecule has 4 heteroatoms. The van der Waals surface area contributed by atoms with Gasteiger partial charge in [-0.1, -0.05) is 52.4 Å². The zero-order valence-electron chi connectivity index (χ0n) is 13.5. The van der Waals surface area contributed by atoms with Crippen LogP contribution in [-0.4, -0.2) is 22.9 Å². The molecule has 1 fully saturated rings. The summed E-state index contributed by atoms with van der Waals surface area (Å²) in [6.45, 7) is 8.13. The summed E-state index contributed by atoms with van der Waals surface area (Å²) in [5.74, 6) is -0.349. The van der Waals surface area contributed by atoms with Gasteiger partial charge in [-0.05, 0) is 26.7 Å². The second kappa shape index (κ2) is 7.21. The molecule has 1 aliphatic rings. The molecule has 1 saturated heterocycles. The number of hydrogen-bond donors (Lipinski definition) is 2. The van der Waals surface area contributed by atoms with E-state index in [1.807, 2.05) is 13.8 Å². The third-order valence-corrected chi connectivity index (χ3v) is 4.34. The maximum Gasteiger partial charge on any atom is 0.246 e. The number of carbonyl (C=O) groups excluding carboxylic acids is 2. The Labute approximate surface area is 123 Å². The average molecular weight is 282 g/mol. The molecule has 116 valence electrons. The monoisotopic (exact) mass is 282 g/mol. The standard InChI is InChI=1S/C16H30N2O2/c1-5-7-9-11-15(3)13(19)17-14(20)16(4,18-15)12-10-8-6-2/h18H,5-12H2,1-4H3,(H,17,19,20). The first-order valence-electron chi connectivity index (χ1n) is 8.03. The van der Waals surface area contributed by atoms with Crippen LogP contribution in [0.15, 0.2) is 0 Å². The molecule has 1 aliphatic heterocycles. The maximum atomic E-state index is 12.1. The van der Waals surface area contributed by atoms with Crippen molar-refractivity contribution in [3.8, 4) is 0 Å². The van der Waals surface area contributed by atoms with Crippen LogP contribution in [0.2, 0.25) is 0 Å². The number of amides is 2. The lowest BCUT2D eigenvalue weighted by atomic mass is 9.82. The number of nitrogens with one attached hydrogen (secondary N) is 2. The quantitative estimate of drug-likeness (QED) is 0.531.